The van der Waals surface area contributed by atoms with E-state index in [0.717, 1.165) is 12.1 Å². The van der Waals surface area contributed by atoms with Crippen molar-refractivity contribution >= 4 is 5.91 Å². The number of amides is 1. The molecule has 3 nitrogen and oxygen atoms in total. The molecule has 2 aliphatic rings. The summed E-state index contributed by atoms with van der Waals surface area (Å²) in [5.74, 6) is -1.17. The maximum atomic E-state index is 14.0. The summed E-state index contributed by atoms with van der Waals surface area (Å²) < 4.78 is 33.0. The third-order valence-electron chi connectivity index (χ3n) is 4.62. The molecule has 1 aromatic carbocycles. The first-order valence-corrected chi connectivity index (χ1v) is 7.73. The maximum Gasteiger partial charge on any atom is 0.224 e. The summed E-state index contributed by atoms with van der Waals surface area (Å²) in [5, 5.41) is 2.96. The maximum absolute atomic E-state index is 14.0. The Morgan fingerprint density at radius 3 is 2.68 bits per heavy atom. The second-order valence-electron chi connectivity index (χ2n) is 6.99. The summed E-state index contributed by atoms with van der Waals surface area (Å²) in [6, 6.07) is 3.41. The lowest BCUT2D eigenvalue weighted by atomic mass is 9.87. The van der Waals surface area contributed by atoms with Gasteiger partial charge in [0, 0.05) is 18.1 Å². The topological polar surface area (TPSA) is 38.3 Å². The molecule has 1 aromatic rings. The lowest BCUT2D eigenvalue weighted by Gasteiger charge is -2.35. The van der Waals surface area contributed by atoms with E-state index in [0.29, 0.717) is 32.3 Å². The lowest BCUT2D eigenvalue weighted by molar-refractivity contribution is -0.136. The summed E-state index contributed by atoms with van der Waals surface area (Å²) in [5.41, 5.74) is -0.792. The minimum Gasteiger partial charge on any atom is -0.376 e. The first-order chi connectivity index (χ1) is 10.3. The Balaban J connectivity index is 1.75. The summed E-state index contributed by atoms with van der Waals surface area (Å²) >= 11 is 0. The van der Waals surface area contributed by atoms with Gasteiger partial charge in [-0.1, -0.05) is 0 Å². The summed E-state index contributed by atoms with van der Waals surface area (Å²) in [6.07, 6.45) is 2.59. The number of carbonyl (C=O) groups excluding carboxylic acids is 1. The highest BCUT2D eigenvalue weighted by atomic mass is 19.1. The van der Waals surface area contributed by atoms with Crippen molar-refractivity contribution in [1.29, 1.82) is 0 Å². The number of ether oxygens (including phenoxy) is 1. The lowest BCUT2D eigenvalue weighted by Crippen LogP contribution is -2.45. The molecule has 1 saturated heterocycles. The molecule has 0 bridgehead atoms. The molecule has 0 radical (unpaired) electrons. The minimum absolute atomic E-state index is 0.0856. The van der Waals surface area contributed by atoms with Crippen LogP contribution in [0, 0.1) is 17.6 Å². The Morgan fingerprint density at radius 2 is 2.05 bits per heavy atom. The molecule has 1 atom stereocenters. The van der Waals surface area contributed by atoms with Crippen LogP contribution >= 0.6 is 0 Å². The van der Waals surface area contributed by atoms with Crippen molar-refractivity contribution in [2.45, 2.75) is 50.7 Å². The Hall–Kier alpha value is -1.49. The molecule has 22 heavy (non-hydrogen) atoms. The van der Waals surface area contributed by atoms with E-state index in [1.54, 1.807) is 0 Å². The van der Waals surface area contributed by atoms with Gasteiger partial charge in [0.1, 0.15) is 11.6 Å². The average molecular weight is 309 g/mol. The van der Waals surface area contributed by atoms with Gasteiger partial charge in [0.25, 0.3) is 0 Å². The van der Waals surface area contributed by atoms with Gasteiger partial charge in [0.2, 0.25) is 5.91 Å². The summed E-state index contributed by atoms with van der Waals surface area (Å²) in [4.78, 5) is 12.5. The van der Waals surface area contributed by atoms with Crippen molar-refractivity contribution in [3.63, 3.8) is 0 Å². The molecule has 0 aromatic heterocycles. The molecule has 1 aliphatic heterocycles. The molecule has 5 heteroatoms. The Morgan fingerprint density at radius 1 is 1.32 bits per heavy atom. The van der Waals surface area contributed by atoms with Gasteiger partial charge in [-0.2, -0.15) is 0 Å². The van der Waals surface area contributed by atoms with Gasteiger partial charge in [-0.05, 0) is 57.7 Å². The molecule has 1 heterocycles. The van der Waals surface area contributed by atoms with Crippen molar-refractivity contribution in [3.05, 3.63) is 35.4 Å². The molecule has 1 aliphatic carbocycles. The standard InChI is InChI=1S/C17H21F2NO2/c1-16(2)10-11(5-8-22-16)15(21)20-17(6-7-17)13-9-12(18)3-4-14(13)19/h3-4,9,11H,5-8,10H2,1-2H3,(H,20,21)/t11-/m1/s1. The summed E-state index contributed by atoms with van der Waals surface area (Å²) in [7, 11) is 0. The van der Waals surface area contributed by atoms with Gasteiger partial charge in [0.05, 0.1) is 11.1 Å². The van der Waals surface area contributed by atoms with Crippen LogP contribution in [0.2, 0.25) is 0 Å². The highest BCUT2D eigenvalue weighted by Gasteiger charge is 2.48. The molecule has 0 spiro atoms. The van der Waals surface area contributed by atoms with Gasteiger partial charge < -0.3 is 10.1 Å². The predicted octanol–water partition coefficient (Wildman–Crippen LogP) is 3.28. The van der Waals surface area contributed by atoms with E-state index in [1.165, 1.54) is 6.07 Å². The van der Waals surface area contributed by atoms with E-state index < -0.39 is 17.2 Å². The largest absolute Gasteiger partial charge is 0.376 e. The Kier molecular flexibility index (Phi) is 3.71. The molecule has 3 rings (SSSR count). The molecule has 1 N–H and O–H groups in total. The second-order valence-corrected chi connectivity index (χ2v) is 6.99. The zero-order valence-corrected chi connectivity index (χ0v) is 12.9. The zero-order valence-electron chi connectivity index (χ0n) is 12.9. The molecular weight excluding hydrogens is 288 g/mol. The van der Waals surface area contributed by atoms with Crippen molar-refractivity contribution in [2.75, 3.05) is 6.61 Å². The Labute approximate surface area is 129 Å². The fourth-order valence-electron chi connectivity index (χ4n) is 3.24. The van der Waals surface area contributed by atoms with E-state index in [-0.39, 0.29) is 23.0 Å². The molecule has 0 unspecified atom stereocenters. The number of carbonyl (C=O) groups is 1. The fraction of sp³-hybridized carbons (Fsp3) is 0.588. The minimum atomic E-state index is -0.730. The van der Waals surface area contributed by atoms with Crippen molar-refractivity contribution < 1.29 is 18.3 Å². The first kappa shape index (κ1) is 15.4. The normalized spacial score (nSPS) is 25.5. The van der Waals surface area contributed by atoms with E-state index in [1.807, 2.05) is 13.8 Å². The zero-order chi connectivity index (χ0) is 16.0. The van der Waals surface area contributed by atoms with Crippen LogP contribution in [-0.2, 0) is 15.1 Å². The molecule has 1 saturated carbocycles. The van der Waals surface area contributed by atoms with E-state index in [4.69, 9.17) is 4.74 Å². The number of nitrogens with one attached hydrogen (secondary N) is 1. The van der Waals surface area contributed by atoms with Gasteiger partial charge in [-0.15, -0.1) is 0 Å². The van der Waals surface area contributed by atoms with Gasteiger partial charge in [0.15, 0.2) is 0 Å². The highest BCUT2D eigenvalue weighted by Crippen LogP contribution is 2.47. The third-order valence-corrected chi connectivity index (χ3v) is 4.62. The van der Waals surface area contributed by atoms with Crippen LogP contribution in [0.5, 0.6) is 0 Å². The number of hydrogen-bond acceptors (Lipinski definition) is 2. The smallest absolute Gasteiger partial charge is 0.224 e. The van der Waals surface area contributed by atoms with Gasteiger partial charge in [-0.3, -0.25) is 4.79 Å². The van der Waals surface area contributed by atoms with E-state index in [9.17, 15) is 13.6 Å². The summed E-state index contributed by atoms with van der Waals surface area (Å²) in [6.45, 7) is 4.48. The average Bonchev–Trinajstić information content (AvgIpc) is 3.21. The molecule has 2 fully saturated rings. The molecule has 120 valence electrons. The predicted molar refractivity (Wildman–Crippen MR) is 78.2 cm³/mol. The van der Waals surface area contributed by atoms with Crippen LogP contribution < -0.4 is 5.32 Å². The SMILES string of the molecule is CC1(C)C[C@H](C(=O)NC2(c3cc(F)ccc3F)CC2)CCO1. The Bertz CT molecular complexity index is 596. The third kappa shape index (κ3) is 3.00. The second kappa shape index (κ2) is 5.30. The van der Waals surface area contributed by atoms with Crippen molar-refractivity contribution in [1.82, 2.24) is 5.32 Å². The highest BCUT2D eigenvalue weighted by molar-refractivity contribution is 5.80. The van der Waals surface area contributed by atoms with E-state index in [2.05, 4.69) is 5.32 Å². The van der Waals surface area contributed by atoms with E-state index >= 15 is 0 Å². The van der Waals surface area contributed by atoms with Crippen LogP contribution in [0.1, 0.15) is 45.1 Å². The number of benzene rings is 1. The van der Waals surface area contributed by atoms with Gasteiger partial charge >= 0.3 is 0 Å². The monoisotopic (exact) mass is 309 g/mol. The van der Waals surface area contributed by atoms with Crippen LogP contribution in [-0.4, -0.2) is 18.1 Å². The van der Waals surface area contributed by atoms with Gasteiger partial charge in [-0.25, -0.2) is 8.78 Å². The first-order valence-electron chi connectivity index (χ1n) is 7.73. The van der Waals surface area contributed by atoms with Crippen LogP contribution in [0.3, 0.4) is 0 Å². The van der Waals surface area contributed by atoms with Crippen LogP contribution in [0.4, 0.5) is 8.78 Å². The molecule has 1 amide bonds. The van der Waals surface area contributed by atoms with Crippen LogP contribution in [0.25, 0.3) is 0 Å². The van der Waals surface area contributed by atoms with Crippen LogP contribution in [0.15, 0.2) is 18.2 Å². The van der Waals surface area contributed by atoms with Crippen molar-refractivity contribution in [2.24, 2.45) is 5.92 Å². The number of rotatable bonds is 3. The number of halogens is 2. The number of hydrogen-bond donors (Lipinski definition) is 1. The fourth-order valence-corrected chi connectivity index (χ4v) is 3.24. The van der Waals surface area contributed by atoms with Crippen molar-refractivity contribution in [3.8, 4) is 0 Å². The quantitative estimate of drug-likeness (QED) is 0.930. The molecular formula is C17H21F2NO2.